The predicted molar refractivity (Wildman–Crippen MR) is 194 cm³/mol. The molecule has 0 heteroatoms. The number of hydrogen-bond acceptors (Lipinski definition) is 0. The molecule has 9 aromatic rings. The molecular weight excluding hydrogens is 540 g/mol. The summed E-state index contributed by atoms with van der Waals surface area (Å²) in [6.07, 6.45) is 0. The zero-order valence-corrected chi connectivity index (χ0v) is 25.4. The van der Waals surface area contributed by atoms with Crippen molar-refractivity contribution < 1.29 is 0 Å². The fraction of sp³-hybridized carbons (Fsp3) is 0.0667. The zero-order valence-electron chi connectivity index (χ0n) is 25.4. The van der Waals surface area contributed by atoms with Gasteiger partial charge in [0.15, 0.2) is 0 Å². The van der Waals surface area contributed by atoms with Crippen LogP contribution < -0.4 is 0 Å². The van der Waals surface area contributed by atoms with Crippen LogP contribution in [0.1, 0.15) is 25.0 Å². The Bertz CT molecular complexity index is 2650. The van der Waals surface area contributed by atoms with Crippen LogP contribution in [0.15, 0.2) is 146 Å². The van der Waals surface area contributed by atoms with E-state index in [4.69, 9.17) is 0 Å². The molecule has 45 heavy (non-hydrogen) atoms. The topological polar surface area (TPSA) is 0 Å². The Morgan fingerprint density at radius 1 is 0.356 bits per heavy atom. The van der Waals surface area contributed by atoms with Crippen molar-refractivity contribution in [3.8, 4) is 33.4 Å². The van der Waals surface area contributed by atoms with E-state index >= 15 is 0 Å². The van der Waals surface area contributed by atoms with Crippen LogP contribution in [-0.4, -0.2) is 0 Å². The minimum absolute atomic E-state index is 0.156. The van der Waals surface area contributed by atoms with Gasteiger partial charge in [-0.25, -0.2) is 0 Å². The molecule has 210 valence electrons. The molecule has 0 atom stereocenters. The Hall–Kier alpha value is -5.46. The lowest BCUT2D eigenvalue weighted by atomic mass is 9.78. The van der Waals surface area contributed by atoms with E-state index in [2.05, 4.69) is 159 Å². The fourth-order valence-electron chi connectivity index (χ4n) is 8.44. The van der Waals surface area contributed by atoms with Crippen molar-refractivity contribution in [2.24, 2.45) is 0 Å². The highest BCUT2D eigenvalue weighted by atomic mass is 14.4. The van der Waals surface area contributed by atoms with Crippen molar-refractivity contribution >= 4 is 53.9 Å². The molecule has 1 aliphatic rings. The Balaban J connectivity index is 1.19. The second kappa shape index (κ2) is 8.80. The van der Waals surface area contributed by atoms with Crippen molar-refractivity contribution in [1.29, 1.82) is 0 Å². The molecule has 0 radical (unpaired) electrons. The highest BCUT2D eigenvalue weighted by Crippen LogP contribution is 2.54. The highest BCUT2D eigenvalue weighted by molar-refractivity contribution is 6.25. The third-order valence-electron chi connectivity index (χ3n) is 10.6. The van der Waals surface area contributed by atoms with Crippen LogP contribution in [0.25, 0.3) is 87.2 Å². The third kappa shape index (κ3) is 3.37. The molecule has 0 amide bonds. The quantitative estimate of drug-likeness (QED) is 0.181. The Kier molecular flexibility index (Phi) is 4.88. The second-order valence-corrected chi connectivity index (χ2v) is 13.3. The van der Waals surface area contributed by atoms with Crippen molar-refractivity contribution in [2.75, 3.05) is 0 Å². The van der Waals surface area contributed by atoms with Gasteiger partial charge in [0.1, 0.15) is 0 Å². The van der Waals surface area contributed by atoms with Gasteiger partial charge < -0.3 is 0 Å². The standard InChI is InChI=1S/C45H30/c1-45(2)40-26-34(35-21-17-31-15-14-28-9-5-10-29-18-23-38(35)42(31)41(28)29)20-22-37(40)39-24-19-30-11-6-12-36(43(30)44(39)45)33-16-13-27-7-3-4-8-32(27)25-33/h3-26H,1-2H3. The first-order chi connectivity index (χ1) is 22.1. The number of rotatable bonds is 2. The summed E-state index contributed by atoms with van der Waals surface area (Å²) in [6, 6.07) is 54.6. The molecule has 0 nitrogen and oxygen atoms in total. The zero-order chi connectivity index (χ0) is 29.9. The molecule has 0 heterocycles. The van der Waals surface area contributed by atoms with Crippen LogP contribution in [0.3, 0.4) is 0 Å². The molecule has 0 aliphatic heterocycles. The molecule has 0 saturated heterocycles. The van der Waals surface area contributed by atoms with Crippen LogP contribution in [0.4, 0.5) is 0 Å². The molecule has 1 aliphatic carbocycles. The second-order valence-electron chi connectivity index (χ2n) is 13.3. The van der Waals surface area contributed by atoms with Gasteiger partial charge in [0.2, 0.25) is 0 Å². The van der Waals surface area contributed by atoms with Gasteiger partial charge in [0.05, 0.1) is 0 Å². The lowest BCUT2D eigenvalue weighted by molar-refractivity contribution is 0.666. The third-order valence-corrected chi connectivity index (χ3v) is 10.6. The van der Waals surface area contributed by atoms with Gasteiger partial charge in [-0.3, -0.25) is 0 Å². The van der Waals surface area contributed by atoms with Gasteiger partial charge in [-0.05, 0) is 111 Å². The minimum Gasteiger partial charge on any atom is -0.0616 e. The largest absolute Gasteiger partial charge is 0.0616 e. The Morgan fingerprint density at radius 3 is 1.73 bits per heavy atom. The molecule has 0 aromatic heterocycles. The van der Waals surface area contributed by atoms with Gasteiger partial charge in [0.25, 0.3) is 0 Å². The van der Waals surface area contributed by atoms with E-state index in [-0.39, 0.29) is 5.41 Å². The van der Waals surface area contributed by atoms with Crippen LogP contribution in [0.2, 0.25) is 0 Å². The molecular formula is C45H30. The molecule has 9 aromatic carbocycles. The van der Waals surface area contributed by atoms with Crippen molar-refractivity contribution in [3.05, 3.63) is 157 Å². The summed E-state index contributed by atoms with van der Waals surface area (Å²) < 4.78 is 0. The first kappa shape index (κ1) is 24.9. The van der Waals surface area contributed by atoms with Crippen LogP contribution in [-0.2, 0) is 5.41 Å². The maximum Gasteiger partial charge on any atom is 0.0165 e. The van der Waals surface area contributed by atoms with E-state index in [1.165, 1.54) is 98.4 Å². The fourth-order valence-corrected chi connectivity index (χ4v) is 8.44. The summed E-state index contributed by atoms with van der Waals surface area (Å²) in [5.74, 6) is 0. The van der Waals surface area contributed by atoms with Crippen LogP contribution in [0, 0.1) is 0 Å². The molecule has 10 rings (SSSR count). The summed E-state index contributed by atoms with van der Waals surface area (Å²) >= 11 is 0. The first-order valence-electron chi connectivity index (χ1n) is 15.9. The lowest BCUT2D eigenvalue weighted by Crippen LogP contribution is -2.16. The average molecular weight is 571 g/mol. The monoisotopic (exact) mass is 570 g/mol. The summed E-state index contributed by atoms with van der Waals surface area (Å²) in [7, 11) is 0. The van der Waals surface area contributed by atoms with Crippen molar-refractivity contribution in [3.63, 3.8) is 0 Å². The van der Waals surface area contributed by atoms with Gasteiger partial charge in [-0.15, -0.1) is 0 Å². The number of benzene rings is 9. The molecule has 0 bridgehead atoms. The van der Waals surface area contributed by atoms with Crippen molar-refractivity contribution in [1.82, 2.24) is 0 Å². The molecule has 0 N–H and O–H groups in total. The molecule has 0 spiro atoms. The lowest BCUT2D eigenvalue weighted by Gasteiger charge is -2.25. The summed E-state index contributed by atoms with van der Waals surface area (Å²) in [5, 5.41) is 13.2. The van der Waals surface area contributed by atoms with Crippen molar-refractivity contribution in [2.45, 2.75) is 19.3 Å². The SMILES string of the molecule is CC1(C)c2cc(-c3ccc4ccc5cccc6ccc3c4c56)ccc2-c2ccc3cccc(-c4ccc5ccccc5c4)c3c21. The summed E-state index contributed by atoms with van der Waals surface area (Å²) in [5.41, 5.74) is 10.6. The smallest absolute Gasteiger partial charge is 0.0165 e. The van der Waals surface area contributed by atoms with Gasteiger partial charge in [-0.1, -0.05) is 147 Å². The summed E-state index contributed by atoms with van der Waals surface area (Å²) in [4.78, 5) is 0. The van der Waals surface area contributed by atoms with E-state index in [1.807, 2.05) is 0 Å². The molecule has 0 saturated carbocycles. The predicted octanol–water partition coefficient (Wildman–Crippen LogP) is 12.5. The van der Waals surface area contributed by atoms with E-state index in [9.17, 15) is 0 Å². The molecule has 0 fully saturated rings. The maximum atomic E-state index is 2.48. The van der Waals surface area contributed by atoms with E-state index in [0.717, 1.165) is 0 Å². The molecule has 0 unspecified atom stereocenters. The highest BCUT2D eigenvalue weighted by Gasteiger charge is 2.38. The maximum absolute atomic E-state index is 2.48. The Labute approximate surface area is 262 Å². The van der Waals surface area contributed by atoms with Gasteiger partial charge >= 0.3 is 0 Å². The average Bonchev–Trinajstić information content (AvgIpc) is 3.32. The number of fused-ring (bicyclic) bond motifs is 6. The van der Waals surface area contributed by atoms with Gasteiger partial charge in [0, 0.05) is 5.41 Å². The van der Waals surface area contributed by atoms with Crippen LogP contribution >= 0.6 is 0 Å². The Morgan fingerprint density at radius 2 is 0.911 bits per heavy atom. The van der Waals surface area contributed by atoms with Gasteiger partial charge in [-0.2, -0.15) is 0 Å². The van der Waals surface area contributed by atoms with E-state index < -0.39 is 0 Å². The van der Waals surface area contributed by atoms with Crippen LogP contribution in [0.5, 0.6) is 0 Å². The first-order valence-corrected chi connectivity index (χ1v) is 15.9. The summed E-state index contributed by atoms with van der Waals surface area (Å²) in [6.45, 7) is 4.84. The van der Waals surface area contributed by atoms with E-state index in [1.54, 1.807) is 0 Å². The number of hydrogen-bond donors (Lipinski definition) is 0. The van der Waals surface area contributed by atoms with E-state index in [0.29, 0.717) is 0 Å². The normalized spacial score (nSPS) is 13.7. The minimum atomic E-state index is -0.156.